The zero-order valence-electron chi connectivity index (χ0n) is 11.6. The van der Waals surface area contributed by atoms with Crippen molar-refractivity contribution in [2.45, 2.75) is 31.7 Å². The Morgan fingerprint density at radius 1 is 1.30 bits per heavy atom. The number of carboxylic acid groups (broad SMARTS) is 1. The third kappa shape index (κ3) is 4.05. The normalized spacial score (nSPS) is 23.1. The molecule has 1 unspecified atom stereocenters. The van der Waals surface area contributed by atoms with Crippen LogP contribution in [0.25, 0.3) is 0 Å². The van der Waals surface area contributed by atoms with E-state index in [1.165, 1.54) is 12.2 Å². The van der Waals surface area contributed by atoms with E-state index < -0.39 is 0 Å². The van der Waals surface area contributed by atoms with Gasteiger partial charge in [-0.15, -0.1) is 0 Å². The summed E-state index contributed by atoms with van der Waals surface area (Å²) >= 11 is 0. The number of ether oxygens (including phenoxy) is 2. The minimum Gasteiger partial charge on any atom is -0.483 e. The van der Waals surface area contributed by atoms with E-state index in [9.17, 15) is 0 Å². The summed E-state index contributed by atoms with van der Waals surface area (Å²) in [7, 11) is 0. The average Bonchev–Trinajstić information content (AvgIpc) is 3.13. The van der Waals surface area contributed by atoms with Gasteiger partial charge in [0.2, 0.25) is 0 Å². The van der Waals surface area contributed by atoms with Gasteiger partial charge in [0.25, 0.3) is 6.47 Å². The van der Waals surface area contributed by atoms with Crippen LogP contribution in [0.4, 0.5) is 0 Å². The Labute approximate surface area is 118 Å². The molecule has 1 aromatic heterocycles. The zero-order valence-corrected chi connectivity index (χ0v) is 11.6. The summed E-state index contributed by atoms with van der Waals surface area (Å²) in [4.78, 5) is 12.9. The first-order chi connectivity index (χ1) is 9.85. The first-order valence-electron chi connectivity index (χ1n) is 7.09. The second kappa shape index (κ2) is 8.01. The molecule has 20 heavy (non-hydrogen) atoms. The van der Waals surface area contributed by atoms with E-state index in [0.29, 0.717) is 11.8 Å². The van der Waals surface area contributed by atoms with E-state index in [1.807, 2.05) is 6.20 Å². The van der Waals surface area contributed by atoms with Crippen molar-refractivity contribution in [1.82, 2.24) is 9.55 Å². The lowest BCUT2D eigenvalue weighted by atomic mass is 9.99. The van der Waals surface area contributed by atoms with Crippen LogP contribution < -0.4 is 0 Å². The van der Waals surface area contributed by atoms with Gasteiger partial charge in [-0.25, -0.2) is 4.98 Å². The highest BCUT2D eigenvalue weighted by Gasteiger charge is 2.22. The SMILES string of the molecule is O=CO.c1cn(CC2CCOC2)c(C2CCOCC2)n1. The van der Waals surface area contributed by atoms with Gasteiger partial charge in [-0.05, 0) is 19.3 Å². The van der Waals surface area contributed by atoms with Crippen molar-refractivity contribution in [2.75, 3.05) is 26.4 Å². The van der Waals surface area contributed by atoms with Crippen molar-refractivity contribution in [3.05, 3.63) is 18.2 Å². The van der Waals surface area contributed by atoms with Crippen LogP contribution in [0.1, 0.15) is 31.0 Å². The fourth-order valence-electron chi connectivity index (χ4n) is 2.80. The average molecular weight is 282 g/mol. The quantitative estimate of drug-likeness (QED) is 0.851. The van der Waals surface area contributed by atoms with E-state index >= 15 is 0 Å². The second-order valence-electron chi connectivity index (χ2n) is 5.16. The van der Waals surface area contributed by atoms with Gasteiger partial charge in [-0.2, -0.15) is 0 Å². The molecule has 2 fully saturated rings. The van der Waals surface area contributed by atoms with Gasteiger partial charge >= 0.3 is 0 Å². The van der Waals surface area contributed by atoms with Gasteiger partial charge in [0.15, 0.2) is 0 Å². The first-order valence-corrected chi connectivity index (χ1v) is 7.09. The molecule has 0 saturated carbocycles. The first kappa shape index (κ1) is 15.0. The summed E-state index contributed by atoms with van der Waals surface area (Å²) in [6, 6.07) is 0. The number of imidazole rings is 1. The lowest BCUT2D eigenvalue weighted by Crippen LogP contribution is -2.20. The van der Waals surface area contributed by atoms with Gasteiger partial charge in [-0.1, -0.05) is 0 Å². The van der Waals surface area contributed by atoms with E-state index in [2.05, 4.69) is 15.7 Å². The number of carbonyl (C=O) groups is 1. The predicted molar refractivity (Wildman–Crippen MR) is 72.6 cm³/mol. The molecule has 0 radical (unpaired) electrons. The lowest BCUT2D eigenvalue weighted by molar-refractivity contribution is -0.122. The second-order valence-corrected chi connectivity index (χ2v) is 5.16. The fourth-order valence-corrected chi connectivity index (χ4v) is 2.80. The van der Waals surface area contributed by atoms with Crippen molar-refractivity contribution < 1.29 is 19.4 Å². The fraction of sp³-hybridized carbons (Fsp3) is 0.714. The summed E-state index contributed by atoms with van der Waals surface area (Å²) < 4.78 is 13.2. The third-order valence-corrected chi connectivity index (χ3v) is 3.81. The van der Waals surface area contributed by atoms with Crippen molar-refractivity contribution in [2.24, 2.45) is 5.92 Å². The van der Waals surface area contributed by atoms with E-state index in [-0.39, 0.29) is 6.47 Å². The number of hydrogen-bond donors (Lipinski definition) is 1. The summed E-state index contributed by atoms with van der Waals surface area (Å²) in [6.07, 6.45) is 7.45. The molecule has 0 aliphatic carbocycles. The van der Waals surface area contributed by atoms with Gasteiger partial charge < -0.3 is 19.1 Å². The zero-order chi connectivity index (χ0) is 14.2. The van der Waals surface area contributed by atoms with Crippen LogP contribution in [0.3, 0.4) is 0 Å². The van der Waals surface area contributed by atoms with Crippen LogP contribution in [0.2, 0.25) is 0 Å². The Balaban J connectivity index is 0.000000452. The highest BCUT2D eigenvalue weighted by Crippen LogP contribution is 2.26. The largest absolute Gasteiger partial charge is 0.483 e. The molecule has 0 spiro atoms. The van der Waals surface area contributed by atoms with Crippen molar-refractivity contribution in [3.8, 4) is 0 Å². The van der Waals surface area contributed by atoms with Crippen LogP contribution in [0, 0.1) is 5.92 Å². The Kier molecular flexibility index (Phi) is 6.01. The van der Waals surface area contributed by atoms with Crippen LogP contribution >= 0.6 is 0 Å². The van der Waals surface area contributed by atoms with Gasteiger partial charge in [0, 0.05) is 50.6 Å². The number of nitrogens with zero attached hydrogens (tertiary/aromatic N) is 2. The maximum atomic E-state index is 8.36. The molecule has 3 rings (SSSR count). The molecule has 1 aromatic rings. The monoisotopic (exact) mass is 282 g/mol. The summed E-state index contributed by atoms with van der Waals surface area (Å²) in [5, 5.41) is 6.89. The Morgan fingerprint density at radius 3 is 2.65 bits per heavy atom. The van der Waals surface area contributed by atoms with Gasteiger partial charge in [0.1, 0.15) is 5.82 Å². The molecule has 2 aliphatic rings. The molecular weight excluding hydrogens is 260 g/mol. The molecule has 3 heterocycles. The molecule has 2 aliphatic heterocycles. The number of rotatable bonds is 3. The minimum atomic E-state index is -0.250. The minimum absolute atomic E-state index is 0.250. The Bertz CT molecular complexity index is 396. The maximum Gasteiger partial charge on any atom is 0.290 e. The molecule has 6 nitrogen and oxygen atoms in total. The van der Waals surface area contributed by atoms with Crippen LogP contribution in [-0.4, -0.2) is 47.6 Å². The third-order valence-electron chi connectivity index (χ3n) is 3.81. The van der Waals surface area contributed by atoms with Crippen LogP contribution in [0.5, 0.6) is 0 Å². The molecule has 1 atom stereocenters. The maximum absolute atomic E-state index is 8.36. The smallest absolute Gasteiger partial charge is 0.290 e. The van der Waals surface area contributed by atoms with Crippen LogP contribution in [0.15, 0.2) is 12.4 Å². The van der Waals surface area contributed by atoms with E-state index in [1.54, 1.807) is 0 Å². The van der Waals surface area contributed by atoms with Crippen molar-refractivity contribution >= 4 is 6.47 Å². The standard InChI is InChI=1S/C13H20N2O2.CH2O2/c1-6-17-10-11(1)9-15-5-4-14-13(15)12-2-7-16-8-3-12;2-1-3/h4-5,11-12H,1-3,6-10H2;1H,(H,2,3). The Hall–Kier alpha value is -1.40. The van der Waals surface area contributed by atoms with Crippen LogP contribution in [-0.2, 0) is 20.8 Å². The Morgan fingerprint density at radius 2 is 2.00 bits per heavy atom. The number of hydrogen-bond acceptors (Lipinski definition) is 4. The van der Waals surface area contributed by atoms with Crippen molar-refractivity contribution in [1.29, 1.82) is 0 Å². The highest BCUT2D eigenvalue weighted by molar-refractivity contribution is 5.32. The van der Waals surface area contributed by atoms with Crippen molar-refractivity contribution in [3.63, 3.8) is 0 Å². The van der Waals surface area contributed by atoms with E-state index in [4.69, 9.17) is 19.4 Å². The number of aromatic nitrogens is 2. The lowest BCUT2D eigenvalue weighted by Gasteiger charge is -2.23. The summed E-state index contributed by atoms with van der Waals surface area (Å²) in [5.41, 5.74) is 0. The van der Waals surface area contributed by atoms with E-state index in [0.717, 1.165) is 45.8 Å². The molecule has 2 saturated heterocycles. The molecule has 6 heteroatoms. The molecule has 0 bridgehead atoms. The molecule has 0 amide bonds. The molecule has 1 N–H and O–H groups in total. The molecule has 0 aromatic carbocycles. The summed E-state index contributed by atoms with van der Waals surface area (Å²) in [5.74, 6) is 2.50. The topological polar surface area (TPSA) is 73.6 Å². The molecule has 112 valence electrons. The van der Waals surface area contributed by atoms with Gasteiger partial charge in [-0.3, -0.25) is 4.79 Å². The predicted octanol–water partition coefficient (Wildman–Crippen LogP) is 1.51. The molecular formula is C14H22N2O4. The van der Waals surface area contributed by atoms with Gasteiger partial charge in [0.05, 0.1) is 6.61 Å². The summed E-state index contributed by atoms with van der Waals surface area (Å²) in [6.45, 7) is 4.40. The highest BCUT2D eigenvalue weighted by atomic mass is 16.5.